The van der Waals surface area contributed by atoms with Gasteiger partial charge in [0.2, 0.25) is 10.0 Å². The lowest BCUT2D eigenvalue weighted by atomic mass is 9.93. The summed E-state index contributed by atoms with van der Waals surface area (Å²) in [6.07, 6.45) is 5.41. The Labute approximate surface area is 137 Å². The van der Waals surface area contributed by atoms with Crippen LogP contribution in [0.1, 0.15) is 25.7 Å². The molecule has 126 valence electrons. The Morgan fingerprint density at radius 2 is 1.65 bits per heavy atom. The van der Waals surface area contributed by atoms with Gasteiger partial charge in [0.1, 0.15) is 5.82 Å². The molecule has 1 aromatic rings. The molecule has 6 heteroatoms. The van der Waals surface area contributed by atoms with Crippen molar-refractivity contribution >= 4 is 10.0 Å². The molecule has 0 spiro atoms. The van der Waals surface area contributed by atoms with Crippen molar-refractivity contribution in [3.63, 3.8) is 0 Å². The van der Waals surface area contributed by atoms with Crippen LogP contribution in [0.3, 0.4) is 0 Å². The predicted octanol–water partition coefficient (Wildman–Crippen LogP) is 2.32. The topological polar surface area (TPSA) is 40.6 Å². The van der Waals surface area contributed by atoms with Gasteiger partial charge >= 0.3 is 0 Å². The zero-order valence-electron chi connectivity index (χ0n) is 13.2. The molecule has 2 saturated carbocycles. The average Bonchev–Trinajstić information content (AvgIpc) is 3.18. The zero-order valence-corrected chi connectivity index (χ0v) is 14.0. The quantitative estimate of drug-likeness (QED) is 0.849. The fraction of sp³-hybridized carbons (Fsp3) is 0.647. The summed E-state index contributed by atoms with van der Waals surface area (Å²) < 4.78 is 39.8. The molecule has 1 aromatic carbocycles. The van der Waals surface area contributed by atoms with Gasteiger partial charge in [-0.3, -0.25) is 4.90 Å². The van der Waals surface area contributed by atoms with Crippen molar-refractivity contribution in [3.8, 4) is 0 Å². The van der Waals surface area contributed by atoms with Gasteiger partial charge in [-0.2, -0.15) is 4.31 Å². The first kappa shape index (κ1) is 15.5. The highest BCUT2D eigenvalue weighted by molar-refractivity contribution is 7.89. The van der Waals surface area contributed by atoms with Gasteiger partial charge in [-0.15, -0.1) is 0 Å². The molecule has 3 aliphatic rings. The third-order valence-corrected chi connectivity index (χ3v) is 7.81. The first-order valence-corrected chi connectivity index (χ1v) is 9.98. The summed E-state index contributed by atoms with van der Waals surface area (Å²) in [7, 11) is -3.50. The van der Waals surface area contributed by atoms with Crippen LogP contribution >= 0.6 is 0 Å². The third kappa shape index (κ3) is 2.81. The molecule has 0 N–H and O–H groups in total. The van der Waals surface area contributed by atoms with E-state index >= 15 is 0 Å². The predicted molar refractivity (Wildman–Crippen MR) is 86.0 cm³/mol. The Hall–Kier alpha value is -0.980. The second kappa shape index (κ2) is 5.83. The van der Waals surface area contributed by atoms with Crippen LogP contribution in [-0.2, 0) is 10.0 Å². The molecule has 1 heterocycles. The van der Waals surface area contributed by atoms with Gasteiger partial charge in [0, 0.05) is 32.2 Å². The van der Waals surface area contributed by atoms with Crippen LogP contribution in [0.5, 0.6) is 0 Å². The fourth-order valence-electron chi connectivity index (χ4n) is 4.69. The molecule has 1 saturated heterocycles. The Morgan fingerprint density at radius 3 is 2.22 bits per heavy atom. The van der Waals surface area contributed by atoms with Crippen molar-refractivity contribution in [1.29, 1.82) is 0 Å². The van der Waals surface area contributed by atoms with Crippen LogP contribution in [0.2, 0.25) is 0 Å². The van der Waals surface area contributed by atoms with E-state index in [9.17, 15) is 12.8 Å². The number of nitrogens with zero attached hydrogens (tertiary/aromatic N) is 2. The van der Waals surface area contributed by atoms with Gasteiger partial charge in [0.05, 0.1) is 4.90 Å². The van der Waals surface area contributed by atoms with Gasteiger partial charge in [0.25, 0.3) is 0 Å². The van der Waals surface area contributed by atoms with E-state index in [0.717, 1.165) is 24.9 Å². The minimum absolute atomic E-state index is 0.187. The highest BCUT2D eigenvalue weighted by atomic mass is 32.2. The lowest BCUT2D eigenvalue weighted by molar-refractivity contribution is 0.101. The van der Waals surface area contributed by atoms with Crippen molar-refractivity contribution in [2.24, 2.45) is 11.8 Å². The maximum Gasteiger partial charge on any atom is 0.243 e. The van der Waals surface area contributed by atoms with Crippen molar-refractivity contribution in [1.82, 2.24) is 9.21 Å². The van der Waals surface area contributed by atoms with E-state index in [0.29, 0.717) is 19.1 Å². The summed E-state index contributed by atoms with van der Waals surface area (Å²) in [5.74, 6) is 1.33. The molecular formula is C17H23FN2O2S. The Kier molecular flexibility index (Phi) is 3.94. The van der Waals surface area contributed by atoms with Gasteiger partial charge < -0.3 is 0 Å². The first-order valence-electron chi connectivity index (χ1n) is 8.54. The number of halogens is 1. The van der Waals surface area contributed by atoms with Crippen molar-refractivity contribution in [2.45, 2.75) is 36.6 Å². The van der Waals surface area contributed by atoms with Gasteiger partial charge in [0.15, 0.2) is 0 Å². The molecule has 4 rings (SSSR count). The van der Waals surface area contributed by atoms with Gasteiger partial charge in [-0.05, 0) is 55.4 Å². The van der Waals surface area contributed by atoms with Crippen molar-refractivity contribution in [2.75, 3.05) is 26.2 Å². The zero-order chi connectivity index (χ0) is 16.0. The molecule has 3 atom stereocenters. The number of hydrogen-bond acceptors (Lipinski definition) is 3. The smallest absolute Gasteiger partial charge is 0.243 e. The van der Waals surface area contributed by atoms with E-state index in [2.05, 4.69) is 4.90 Å². The monoisotopic (exact) mass is 338 g/mol. The highest BCUT2D eigenvalue weighted by Crippen LogP contribution is 2.46. The van der Waals surface area contributed by atoms with E-state index in [1.807, 2.05) is 0 Å². The number of rotatable bonds is 3. The molecule has 2 aliphatic carbocycles. The molecular weight excluding hydrogens is 315 g/mol. The minimum atomic E-state index is -3.50. The molecule has 0 amide bonds. The fourth-order valence-corrected chi connectivity index (χ4v) is 6.11. The molecule has 1 aliphatic heterocycles. The normalized spacial score (nSPS) is 32.5. The molecule has 4 nitrogen and oxygen atoms in total. The maximum atomic E-state index is 13.0. The van der Waals surface area contributed by atoms with Gasteiger partial charge in [-0.1, -0.05) is 6.42 Å². The largest absolute Gasteiger partial charge is 0.297 e. The number of benzene rings is 1. The molecule has 3 fully saturated rings. The summed E-state index contributed by atoms with van der Waals surface area (Å²) in [4.78, 5) is 2.69. The lowest BCUT2D eigenvalue weighted by Gasteiger charge is -2.40. The van der Waals surface area contributed by atoms with E-state index in [1.54, 1.807) is 4.31 Å². The minimum Gasteiger partial charge on any atom is -0.297 e. The van der Waals surface area contributed by atoms with Crippen LogP contribution in [0, 0.1) is 17.7 Å². The van der Waals surface area contributed by atoms with E-state index in [1.165, 1.54) is 49.9 Å². The summed E-state index contributed by atoms with van der Waals surface area (Å²) in [5.41, 5.74) is 0. The number of hydrogen-bond donors (Lipinski definition) is 0. The second-order valence-electron chi connectivity index (χ2n) is 7.14. The van der Waals surface area contributed by atoms with Crippen LogP contribution in [0.15, 0.2) is 29.2 Å². The van der Waals surface area contributed by atoms with Crippen LogP contribution < -0.4 is 0 Å². The maximum absolute atomic E-state index is 13.0. The van der Waals surface area contributed by atoms with Crippen LogP contribution in [-0.4, -0.2) is 49.8 Å². The van der Waals surface area contributed by atoms with Crippen LogP contribution in [0.4, 0.5) is 4.39 Å². The van der Waals surface area contributed by atoms with Crippen LogP contribution in [0.25, 0.3) is 0 Å². The first-order chi connectivity index (χ1) is 11.0. The Morgan fingerprint density at radius 1 is 0.957 bits per heavy atom. The number of fused-ring (bicyclic) bond motifs is 2. The van der Waals surface area contributed by atoms with Crippen molar-refractivity contribution in [3.05, 3.63) is 30.1 Å². The molecule has 2 bridgehead atoms. The summed E-state index contributed by atoms with van der Waals surface area (Å²) in [6, 6.07) is 5.79. The number of sulfonamides is 1. The Balaban J connectivity index is 1.42. The summed E-state index contributed by atoms with van der Waals surface area (Å²) in [6.45, 7) is 2.70. The molecule has 0 unspecified atom stereocenters. The third-order valence-electron chi connectivity index (χ3n) is 5.89. The highest BCUT2D eigenvalue weighted by Gasteiger charge is 2.43. The standard InChI is InChI=1S/C17H23FN2O2S/c18-15-3-5-16(6-4-15)23(21,22)20-9-7-19(8-10-20)17-12-13-1-2-14(17)11-13/h3-6,13-14,17H,1-2,7-12H2/t13-,14+,17-/m0/s1. The average molecular weight is 338 g/mol. The van der Waals surface area contributed by atoms with E-state index in [-0.39, 0.29) is 4.90 Å². The summed E-state index contributed by atoms with van der Waals surface area (Å²) in [5, 5.41) is 0. The molecule has 0 aromatic heterocycles. The Bertz CT molecular complexity index is 668. The SMILES string of the molecule is O=S(=O)(c1ccc(F)cc1)N1CCN([C@H]2C[C@H]3CC[C@@H]2C3)CC1. The molecule has 23 heavy (non-hydrogen) atoms. The number of piperazine rings is 1. The molecule has 0 radical (unpaired) electrons. The lowest BCUT2D eigenvalue weighted by Crippen LogP contribution is -2.53. The van der Waals surface area contributed by atoms with E-state index < -0.39 is 15.8 Å². The van der Waals surface area contributed by atoms with Crippen molar-refractivity contribution < 1.29 is 12.8 Å². The van der Waals surface area contributed by atoms with Gasteiger partial charge in [-0.25, -0.2) is 12.8 Å². The second-order valence-corrected chi connectivity index (χ2v) is 9.07. The summed E-state index contributed by atoms with van der Waals surface area (Å²) >= 11 is 0. The van der Waals surface area contributed by atoms with E-state index in [4.69, 9.17) is 0 Å².